The lowest BCUT2D eigenvalue weighted by Gasteiger charge is -2.22. The highest BCUT2D eigenvalue weighted by Crippen LogP contribution is 2.29. The number of nitrogens with two attached hydrogens (primary N) is 1. The molecule has 2 aromatic heterocycles. The molecule has 0 aromatic carbocycles. The number of amides is 1. The minimum atomic E-state index is 0.0620. The summed E-state index contributed by atoms with van der Waals surface area (Å²) in [7, 11) is 0. The van der Waals surface area contributed by atoms with E-state index < -0.39 is 0 Å². The fraction of sp³-hybridized carbons (Fsp3) is 0.533. The molecule has 7 heteroatoms. The van der Waals surface area contributed by atoms with Gasteiger partial charge < -0.3 is 15.2 Å². The van der Waals surface area contributed by atoms with Gasteiger partial charge in [-0.25, -0.2) is 0 Å². The van der Waals surface area contributed by atoms with Crippen LogP contribution < -0.4 is 5.73 Å². The molecule has 1 unspecified atom stereocenters. The summed E-state index contributed by atoms with van der Waals surface area (Å²) >= 11 is 1.56. The Labute approximate surface area is 133 Å². The molecule has 1 aliphatic heterocycles. The van der Waals surface area contributed by atoms with Crippen molar-refractivity contribution in [3.05, 3.63) is 23.4 Å². The molecule has 0 radical (unpaired) electrons. The Morgan fingerprint density at radius 3 is 3.14 bits per heavy atom. The number of hydrogen-bond donors (Lipinski definition) is 1. The fourth-order valence-corrected chi connectivity index (χ4v) is 3.29. The van der Waals surface area contributed by atoms with Gasteiger partial charge in [-0.1, -0.05) is 18.1 Å². The third kappa shape index (κ3) is 3.20. The molecule has 3 rings (SSSR count). The third-order valence-corrected chi connectivity index (χ3v) is 5.03. The number of carbonyl (C=O) groups is 1. The fourth-order valence-electron chi connectivity index (χ4n) is 2.64. The zero-order chi connectivity index (χ0) is 15.6. The quantitative estimate of drug-likeness (QED) is 0.910. The van der Waals surface area contributed by atoms with Crippen LogP contribution >= 0.6 is 11.3 Å². The van der Waals surface area contributed by atoms with Crippen LogP contribution in [-0.2, 0) is 11.2 Å². The van der Waals surface area contributed by atoms with E-state index in [2.05, 4.69) is 17.1 Å². The molecule has 0 bridgehead atoms. The van der Waals surface area contributed by atoms with E-state index in [9.17, 15) is 4.79 Å². The first-order chi connectivity index (χ1) is 10.6. The Balaban J connectivity index is 1.54. The van der Waals surface area contributed by atoms with E-state index in [1.54, 1.807) is 11.3 Å². The van der Waals surface area contributed by atoms with Crippen molar-refractivity contribution in [2.24, 2.45) is 11.1 Å². The van der Waals surface area contributed by atoms with Crippen LogP contribution in [0.1, 0.15) is 25.7 Å². The van der Waals surface area contributed by atoms with Gasteiger partial charge in [0.05, 0.1) is 4.88 Å². The van der Waals surface area contributed by atoms with Crippen LogP contribution in [0.3, 0.4) is 0 Å². The highest BCUT2D eigenvalue weighted by atomic mass is 32.1. The zero-order valence-corrected chi connectivity index (χ0v) is 13.4. The molecule has 1 amide bonds. The summed E-state index contributed by atoms with van der Waals surface area (Å²) in [6.45, 7) is 4.28. The molecule has 1 aliphatic rings. The number of aryl methyl sites for hydroxylation is 1. The number of likely N-dealkylation sites (tertiary alicyclic amines) is 1. The molecule has 3 heterocycles. The van der Waals surface area contributed by atoms with Gasteiger partial charge in [-0.05, 0) is 29.8 Å². The zero-order valence-electron chi connectivity index (χ0n) is 12.6. The van der Waals surface area contributed by atoms with Crippen molar-refractivity contribution in [3.8, 4) is 10.7 Å². The van der Waals surface area contributed by atoms with E-state index in [1.807, 2.05) is 22.4 Å². The number of carbonyl (C=O) groups excluding carboxylic acids is 1. The van der Waals surface area contributed by atoms with Gasteiger partial charge in [-0.3, -0.25) is 4.79 Å². The molecule has 0 saturated carbocycles. The molecule has 1 fully saturated rings. The summed E-state index contributed by atoms with van der Waals surface area (Å²) < 4.78 is 5.22. The van der Waals surface area contributed by atoms with E-state index in [0.717, 1.165) is 24.4 Å². The predicted molar refractivity (Wildman–Crippen MR) is 84.3 cm³/mol. The summed E-state index contributed by atoms with van der Waals surface area (Å²) in [6, 6.07) is 3.89. The predicted octanol–water partition coefficient (Wildman–Crippen LogP) is 1.93. The largest absolute Gasteiger partial charge is 0.342 e. The highest BCUT2D eigenvalue weighted by molar-refractivity contribution is 7.13. The molecule has 2 aromatic rings. The van der Waals surface area contributed by atoms with Gasteiger partial charge >= 0.3 is 0 Å². The number of nitrogens with zero attached hydrogens (tertiary/aromatic N) is 3. The molecule has 1 saturated heterocycles. The summed E-state index contributed by atoms with van der Waals surface area (Å²) in [5.41, 5.74) is 5.84. The lowest BCUT2D eigenvalue weighted by Crippen LogP contribution is -2.34. The van der Waals surface area contributed by atoms with Crippen LogP contribution in [0, 0.1) is 5.41 Å². The first-order valence-corrected chi connectivity index (χ1v) is 8.32. The summed E-state index contributed by atoms with van der Waals surface area (Å²) in [6.07, 6.45) is 1.85. The second-order valence-electron chi connectivity index (χ2n) is 6.07. The minimum Gasteiger partial charge on any atom is -0.342 e. The normalized spacial score (nSPS) is 21.5. The molecule has 22 heavy (non-hydrogen) atoms. The monoisotopic (exact) mass is 320 g/mol. The summed E-state index contributed by atoms with van der Waals surface area (Å²) in [4.78, 5) is 19.5. The average Bonchev–Trinajstić information content (AvgIpc) is 3.25. The van der Waals surface area contributed by atoms with Gasteiger partial charge in [0, 0.05) is 25.9 Å². The topological polar surface area (TPSA) is 85.2 Å². The Morgan fingerprint density at radius 1 is 1.59 bits per heavy atom. The van der Waals surface area contributed by atoms with Crippen molar-refractivity contribution < 1.29 is 9.32 Å². The number of rotatable bonds is 5. The number of thiophene rings is 1. The highest BCUT2D eigenvalue weighted by Gasteiger charge is 2.34. The standard InChI is InChI=1S/C15H20N4O2S/c1-15(9-16)6-7-19(10-15)13(20)5-4-12-17-14(18-21-12)11-3-2-8-22-11/h2-3,8H,4-7,9-10,16H2,1H3. The van der Waals surface area contributed by atoms with Crippen LogP contribution in [0.25, 0.3) is 10.7 Å². The Kier molecular flexibility index (Phi) is 4.26. The van der Waals surface area contributed by atoms with Crippen LogP contribution in [0.5, 0.6) is 0 Å². The van der Waals surface area contributed by atoms with Crippen molar-refractivity contribution in [2.45, 2.75) is 26.2 Å². The smallest absolute Gasteiger partial charge is 0.227 e. The van der Waals surface area contributed by atoms with Crippen LogP contribution in [0.4, 0.5) is 0 Å². The van der Waals surface area contributed by atoms with Crippen molar-refractivity contribution in [1.82, 2.24) is 15.0 Å². The first kappa shape index (κ1) is 15.2. The SMILES string of the molecule is CC1(CN)CCN(C(=O)CCc2nc(-c3cccs3)no2)C1. The Hall–Kier alpha value is -1.73. The van der Waals surface area contributed by atoms with Crippen LogP contribution in [-0.4, -0.2) is 40.6 Å². The van der Waals surface area contributed by atoms with E-state index in [4.69, 9.17) is 10.3 Å². The average molecular weight is 320 g/mol. The van der Waals surface area contributed by atoms with E-state index in [1.165, 1.54) is 0 Å². The first-order valence-electron chi connectivity index (χ1n) is 7.44. The molecule has 6 nitrogen and oxygen atoms in total. The maximum atomic E-state index is 12.3. The molecule has 0 aliphatic carbocycles. The third-order valence-electron chi connectivity index (χ3n) is 4.17. The van der Waals surface area contributed by atoms with Crippen LogP contribution in [0.2, 0.25) is 0 Å². The van der Waals surface area contributed by atoms with Crippen molar-refractivity contribution >= 4 is 17.2 Å². The minimum absolute atomic E-state index is 0.0620. The van der Waals surface area contributed by atoms with Gasteiger partial charge in [0.25, 0.3) is 0 Å². The molecular formula is C15H20N4O2S. The van der Waals surface area contributed by atoms with Gasteiger partial charge in [-0.2, -0.15) is 4.98 Å². The van der Waals surface area contributed by atoms with Crippen molar-refractivity contribution in [1.29, 1.82) is 0 Å². The van der Waals surface area contributed by atoms with Crippen LogP contribution in [0.15, 0.2) is 22.0 Å². The summed E-state index contributed by atoms with van der Waals surface area (Å²) in [5.74, 6) is 1.24. The number of aromatic nitrogens is 2. The Morgan fingerprint density at radius 2 is 2.45 bits per heavy atom. The van der Waals surface area contributed by atoms with E-state index in [0.29, 0.717) is 31.1 Å². The molecular weight excluding hydrogens is 300 g/mol. The molecule has 118 valence electrons. The lowest BCUT2D eigenvalue weighted by atomic mass is 9.90. The van der Waals surface area contributed by atoms with Crippen molar-refractivity contribution in [2.75, 3.05) is 19.6 Å². The summed E-state index contributed by atoms with van der Waals surface area (Å²) in [5, 5.41) is 5.92. The van der Waals surface area contributed by atoms with Gasteiger partial charge in [0.2, 0.25) is 17.6 Å². The molecule has 2 N–H and O–H groups in total. The maximum absolute atomic E-state index is 12.3. The maximum Gasteiger partial charge on any atom is 0.227 e. The second kappa shape index (κ2) is 6.18. The van der Waals surface area contributed by atoms with E-state index in [-0.39, 0.29) is 11.3 Å². The number of hydrogen-bond acceptors (Lipinski definition) is 6. The van der Waals surface area contributed by atoms with Crippen molar-refractivity contribution in [3.63, 3.8) is 0 Å². The van der Waals surface area contributed by atoms with E-state index >= 15 is 0 Å². The molecule has 1 atom stereocenters. The molecule has 0 spiro atoms. The van der Waals surface area contributed by atoms with Gasteiger partial charge in [0.15, 0.2) is 0 Å². The van der Waals surface area contributed by atoms with Gasteiger partial charge in [-0.15, -0.1) is 11.3 Å². The second-order valence-corrected chi connectivity index (χ2v) is 7.02. The lowest BCUT2D eigenvalue weighted by molar-refractivity contribution is -0.130. The Bertz CT molecular complexity index is 640. The van der Waals surface area contributed by atoms with Gasteiger partial charge in [0.1, 0.15) is 0 Å².